The molecule has 0 heterocycles. The van der Waals surface area contributed by atoms with Gasteiger partial charge in [-0.2, -0.15) is 0 Å². The molecule has 16 heavy (non-hydrogen) atoms. The van der Waals surface area contributed by atoms with Crippen LogP contribution in [-0.2, 0) is 9.84 Å². The Morgan fingerprint density at radius 3 is 2.44 bits per heavy atom. The molecule has 0 saturated carbocycles. The van der Waals surface area contributed by atoms with E-state index in [-0.39, 0.29) is 11.4 Å². The van der Waals surface area contributed by atoms with E-state index in [1.807, 2.05) is 0 Å². The maximum Gasteiger partial charge on any atom is 0.175 e. The van der Waals surface area contributed by atoms with E-state index in [1.165, 1.54) is 24.3 Å². The number of benzene rings is 1. The molecular weight excluding hydrogens is 230 g/mol. The topological polar surface area (TPSA) is 103 Å². The average molecular weight is 241 g/mol. The van der Waals surface area contributed by atoms with Crippen LogP contribution in [0.25, 0.3) is 10.4 Å². The zero-order valence-corrected chi connectivity index (χ0v) is 9.42. The van der Waals surface area contributed by atoms with Crippen LogP contribution >= 0.6 is 0 Å². The van der Waals surface area contributed by atoms with Gasteiger partial charge in [-0.05, 0) is 23.2 Å². The molecule has 0 saturated heterocycles. The largest absolute Gasteiger partial charge is 0.388 e. The fourth-order valence-corrected chi connectivity index (χ4v) is 1.79. The van der Waals surface area contributed by atoms with Crippen molar-refractivity contribution in [1.29, 1.82) is 0 Å². The molecule has 6 nitrogen and oxygen atoms in total. The van der Waals surface area contributed by atoms with E-state index in [4.69, 9.17) is 5.53 Å². The van der Waals surface area contributed by atoms with Crippen LogP contribution in [-0.4, -0.2) is 26.3 Å². The molecule has 1 aromatic carbocycles. The Morgan fingerprint density at radius 1 is 1.44 bits per heavy atom. The third-order valence-corrected chi connectivity index (χ3v) is 3.14. The Kier molecular flexibility index (Phi) is 3.89. The monoisotopic (exact) mass is 241 g/mol. The van der Waals surface area contributed by atoms with Crippen molar-refractivity contribution in [3.8, 4) is 0 Å². The van der Waals surface area contributed by atoms with Gasteiger partial charge in [-0.1, -0.05) is 17.2 Å². The molecule has 0 amide bonds. The van der Waals surface area contributed by atoms with E-state index in [1.54, 1.807) is 0 Å². The number of hydrogen-bond donors (Lipinski definition) is 1. The minimum Gasteiger partial charge on any atom is -0.388 e. The molecule has 0 spiro atoms. The van der Waals surface area contributed by atoms with Gasteiger partial charge in [-0.3, -0.25) is 0 Å². The van der Waals surface area contributed by atoms with Crippen molar-refractivity contribution in [3.05, 3.63) is 40.3 Å². The van der Waals surface area contributed by atoms with Gasteiger partial charge in [0.25, 0.3) is 0 Å². The number of nitrogens with zero attached hydrogens (tertiary/aromatic N) is 3. The molecule has 0 aliphatic rings. The van der Waals surface area contributed by atoms with E-state index in [0.717, 1.165) is 6.26 Å². The Bertz CT molecular complexity index is 503. The van der Waals surface area contributed by atoms with E-state index in [0.29, 0.717) is 5.56 Å². The van der Waals surface area contributed by atoms with E-state index >= 15 is 0 Å². The zero-order valence-electron chi connectivity index (χ0n) is 8.61. The van der Waals surface area contributed by atoms with Gasteiger partial charge < -0.3 is 5.11 Å². The van der Waals surface area contributed by atoms with Crippen LogP contribution in [0.4, 0.5) is 0 Å². The summed E-state index contributed by atoms with van der Waals surface area (Å²) in [6.07, 6.45) is 0.197. The van der Waals surface area contributed by atoms with Crippen molar-refractivity contribution >= 4 is 9.84 Å². The summed E-state index contributed by atoms with van der Waals surface area (Å²) >= 11 is 0. The molecule has 1 unspecified atom stereocenters. The summed E-state index contributed by atoms with van der Waals surface area (Å²) < 4.78 is 22.3. The lowest BCUT2D eigenvalue weighted by Gasteiger charge is -2.07. The third-order valence-electron chi connectivity index (χ3n) is 2.01. The molecule has 0 aromatic heterocycles. The Morgan fingerprint density at radius 2 is 2.00 bits per heavy atom. The van der Waals surface area contributed by atoms with Crippen molar-refractivity contribution in [1.82, 2.24) is 0 Å². The van der Waals surface area contributed by atoms with Gasteiger partial charge in [-0.15, -0.1) is 0 Å². The van der Waals surface area contributed by atoms with Crippen LogP contribution in [0.5, 0.6) is 0 Å². The summed E-state index contributed by atoms with van der Waals surface area (Å²) in [6, 6.07) is 5.80. The van der Waals surface area contributed by atoms with Gasteiger partial charge in [-0.25, -0.2) is 8.42 Å². The number of rotatable bonds is 4. The predicted octanol–water partition coefficient (Wildman–Crippen LogP) is 1.43. The summed E-state index contributed by atoms with van der Waals surface area (Å²) in [6.45, 7) is -0.0747. The Labute approximate surface area is 93.1 Å². The quantitative estimate of drug-likeness (QED) is 0.490. The van der Waals surface area contributed by atoms with Crippen molar-refractivity contribution in [2.75, 3.05) is 12.8 Å². The van der Waals surface area contributed by atoms with Crippen LogP contribution < -0.4 is 0 Å². The number of aliphatic hydroxyl groups is 1. The maximum atomic E-state index is 11.2. The first-order valence-corrected chi connectivity index (χ1v) is 6.33. The molecular formula is C9H11N3O3S. The van der Waals surface area contributed by atoms with Crippen molar-refractivity contribution < 1.29 is 13.5 Å². The highest BCUT2D eigenvalue weighted by atomic mass is 32.2. The highest BCUT2D eigenvalue weighted by Gasteiger charge is 2.09. The van der Waals surface area contributed by atoms with Gasteiger partial charge >= 0.3 is 0 Å². The molecule has 0 radical (unpaired) electrons. The summed E-state index contributed by atoms with van der Waals surface area (Å²) in [5.74, 6) is 0. The lowest BCUT2D eigenvalue weighted by Crippen LogP contribution is -2.02. The van der Waals surface area contributed by atoms with Gasteiger partial charge in [0.15, 0.2) is 9.84 Å². The zero-order chi connectivity index (χ0) is 12.2. The van der Waals surface area contributed by atoms with Crippen LogP contribution in [0, 0.1) is 0 Å². The van der Waals surface area contributed by atoms with Crippen LogP contribution in [0.1, 0.15) is 11.7 Å². The summed E-state index contributed by atoms with van der Waals surface area (Å²) in [5.41, 5.74) is 8.59. The number of hydrogen-bond acceptors (Lipinski definition) is 4. The Balaban J connectivity index is 2.91. The highest BCUT2D eigenvalue weighted by Crippen LogP contribution is 2.16. The second kappa shape index (κ2) is 4.98. The molecule has 0 bridgehead atoms. The van der Waals surface area contributed by atoms with Gasteiger partial charge in [0, 0.05) is 11.2 Å². The molecule has 1 rings (SSSR count). The van der Waals surface area contributed by atoms with Crippen LogP contribution in [0.15, 0.2) is 34.3 Å². The standard InChI is InChI=1S/C9H11N3O3S/c1-16(14,15)8-4-2-7(3-5-8)9(13)6-11-12-10/h2-5,9,13H,6H2,1H3. The number of aliphatic hydroxyl groups excluding tert-OH is 1. The van der Waals surface area contributed by atoms with Crippen LogP contribution in [0.3, 0.4) is 0 Å². The SMILES string of the molecule is CS(=O)(=O)c1ccc(C(O)CN=[N+]=[N-])cc1. The molecule has 0 aliphatic heterocycles. The second-order valence-corrected chi connectivity index (χ2v) is 5.29. The smallest absolute Gasteiger partial charge is 0.175 e. The predicted molar refractivity (Wildman–Crippen MR) is 58.5 cm³/mol. The lowest BCUT2D eigenvalue weighted by atomic mass is 10.1. The minimum atomic E-state index is -3.23. The molecule has 0 fully saturated rings. The van der Waals surface area contributed by atoms with Gasteiger partial charge in [0.2, 0.25) is 0 Å². The lowest BCUT2D eigenvalue weighted by molar-refractivity contribution is 0.186. The third kappa shape index (κ3) is 3.23. The van der Waals surface area contributed by atoms with E-state index < -0.39 is 15.9 Å². The summed E-state index contributed by atoms with van der Waals surface area (Å²) in [7, 11) is -3.23. The number of azide groups is 1. The van der Waals surface area contributed by atoms with E-state index in [2.05, 4.69) is 10.0 Å². The van der Waals surface area contributed by atoms with Crippen molar-refractivity contribution in [2.24, 2.45) is 5.11 Å². The van der Waals surface area contributed by atoms with Crippen LogP contribution in [0.2, 0.25) is 0 Å². The first kappa shape index (κ1) is 12.5. The molecule has 1 atom stereocenters. The molecule has 0 aliphatic carbocycles. The Hall–Kier alpha value is -1.56. The first-order chi connectivity index (χ1) is 7.45. The first-order valence-electron chi connectivity index (χ1n) is 4.44. The second-order valence-electron chi connectivity index (χ2n) is 3.27. The molecule has 1 aromatic rings. The maximum absolute atomic E-state index is 11.2. The summed E-state index contributed by atoms with van der Waals surface area (Å²) in [5, 5.41) is 12.8. The van der Waals surface area contributed by atoms with Gasteiger partial charge in [0.05, 0.1) is 17.5 Å². The highest BCUT2D eigenvalue weighted by molar-refractivity contribution is 7.90. The molecule has 86 valence electrons. The average Bonchev–Trinajstić information content (AvgIpc) is 2.25. The van der Waals surface area contributed by atoms with Gasteiger partial charge in [0.1, 0.15) is 0 Å². The molecule has 1 N–H and O–H groups in total. The summed E-state index contributed by atoms with van der Waals surface area (Å²) in [4.78, 5) is 2.71. The minimum absolute atomic E-state index is 0.0747. The number of sulfone groups is 1. The van der Waals surface area contributed by atoms with E-state index in [9.17, 15) is 13.5 Å². The van der Waals surface area contributed by atoms with Crippen molar-refractivity contribution in [2.45, 2.75) is 11.0 Å². The fourth-order valence-electron chi connectivity index (χ4n) is 1.16. The van der Waals surface area contributed by atoms with Crippen molar-refractivity contribution in [3.63, 3.8) is 0 Å². The fraction of sp³-hybridized carbons (Fsp3) is 0.333. The normalized spacial score (nSPS) is 12.9. The molecule has 7 heteroatoms.